The van der Waals surface area contributed by atoms with Gasteiger partial charge in [-0.1, -0.05) is 18.2 Å². The SMILES string of the molecule is CNC(C=O)Cc1ccccc1F. The summed E-state index contributed by atoms with van der Waals surface area (Å²) >= 11 is 0. The minimum Gasteiger partial charge on any atom is -0.311 e. The van der Waals surface area contributed by atoms with Crippen LogP contribution in [0.2, 0.25) is 0 Å². The molecule has 0 radical (unpaired) electrons. The minimum atomic E-state index is -0.308. The van der Waals surface area contributed by atoms with E-state index in [1.54, 1.807) is 25.2 Å². The van der Waals surface area contributed by atoms with Crippen LogP contribution >= 0.6 is 0 Å². The first kappa shape index (κ1) is 9.86. The lowest BCUT2D eigenvalue weighted by atomic mass is 10.1. The second-order valence-electron chi connectivity index (χ2n) is 2.83. The van der Waals surface area contributed by atoms with Crippen LogP contribution in [0.3, 0.4) is 0 Å². The number of hydrogen-bond acceptors (Lipinski definition) is 2. The van der Waals surface area contributed by atoms with Gasteiger partial charge in [-0.25, -0.2) is 4.39 Å². The average molecular weight is 181 g/mol. The van der Waals surface area contributed by atoms with Gasteiger partial charge in [0.2, 0.25) is 0 Å². The number of rotatable bonds is 4. The lowest BCUT2D eigenvalue weighted by Crippen LogP contribution is -2.29. The molecule has 0 bridgehead atoms. The third-order valence-electron chi connectivity index (χ3n) is 1.93. The number of carbonyl (C=O) groups is 1. The van der Waals surface area contributed by atoms with Crippen LogP contribution < -0.4 is 5.32 Å². The second kappa shape index (κ2) is 4.72. The van der Waals surface area contributed by atoms with Gasteiger partial charge in [-0.05, 0) is 25.1 Å². The van der Waals surface area contributed by atoms with E-state index in [2.05, 4.69) is 5.32 Å². The van der Waals surface area contributed by atoms with E-state index in [-0.39, 0.29) is 11.9 Å². The van der Waals surface area contributed by atoms with Crippen LogP contribution in [0.1, 0.15) is 5.56 Å². The van der Waals surface area contributed by atoms with E-state index >= 15 is 0 Å². The monoisotopic (exact) mass is 181 g/mol. The van der Waals surface area contributed by atoms with Gasteiger partial charge in [0, 0.05) is 0 Å². The molecule has 1 rings (SSSR count). The molecule has 0 saturated heterocycles. The van der Waals surface area contributed by atoms with Crippen molar-refractivity contribution in [2.75, 3.05) is 7.05 Å². The highest BCUT2D eigenvalue weighted by atomic mass is 19.1. The Hall–Kier alpha value is -1.22. The highest BCUT2D eigenvalue weighted by molar-refractivity contribution is 5.58. The van der Waals surface area contributed by atoms with Crippen LogP contribution in [0.4, 0.5) is 4.39 Å². The number of hydrogen-bond donors (Lipinski definition) is 1. The van der Waals surface area contributed by atoms with Gasteiger partial charge in [-0.3, -0.25) is 0 Å². The summed E-state index contributed by atoms with van der Waals surface area (Å²) < 4.78 is 13.1. The van der Waals surface area contributed by atoms with E-state index in [1.807, 2.05) is 0 Å². The first-order valence-electron chi connectivity index (χ1n) is 4.14. The Bertz CT molecular complexity index is 288. The van der Waals surface area contributed by atoms with Gasteiger partial charge in [0.05, 0.1) is 6.04 Å². The molecule has 0 aliphatic heterocycles. The van der Waals surface area contributed by atoms with Gasteiger partial charge >= 0.3 is 0 Å². The maximum atomic E-state index is 13.1. The molecular formula is C10H12FNO. The molecule has 1 aromatic carbocycles. The molecule has 0 saturated carbocycles. The van der Waals surface area contributed by atoms with Gasteiger partial charge in [-0.2, -0.15) is 0 Å². The van der Waals surface area contributed by atoms with E-state index < -0.39 is 0 Å². The van der Waals surface area contributed by atoms with Gasteiger partial charge in [0.15, 0.2) is 0 Å². The van der Waals surface area contributed by atoms with Crippen molar-refractivity contribution in [2.45, 2.75) is 12.5 Å². The summed E-state index contributed by atoms with van der Waals surface area (Å²) in [6.45, 7) is 0. The Balaban J connectivity index is 2.73. The van der Waals surface area contributed by atoms with Crippen molar-refractivity contribution in [3.63, 3.8) is 0 Å². The van der Waals surface area contributed by atoms with E-state index in [4.69, 9.17) is 0 Å². The first-order valence-corrected chi connectivity index (χ1v) is 4.14. The fourth-order valence-corrected chi connectivity index (χ4v) is 1.12. The van der Waals surface area contributed by atoms with Crippen molar-refractivity contribution in [3.05, 3.63) is 35.6 Å². The fourth-order valence-electron chi connectivity index (χ4n) is 1.12. The molecular weight excluding hydrogens is 169 g/mol. The molecule has 0 aliphatic rings. The number of nitrogens with one attached hydrogen (secondary N) is 1. The van der Waals surface area contributed by atoms with Gasteiger partial charge < -0.3 is 10.1 Å². The van der Waals surface area contributed by atoms with E-state index in [0.29, 0.717) is 12.0 Å². The third-order valence-corrected chi connectivity index (χ3v) is 1.93. The Morgan fingerprint density at radius 3 is 2.77 bits per heavy atom. The van der Waals surface area contributed by atoms with Crippen LogP contribution in [0, 0.1) is 5.82 Å². The molecule has 1 unspecified atom stereocenters. The highest BCUT2D eigenvalue weighted by Crippen LogP contribution is 2.08. The molecule has 0 spiro atoms. The average Bonchev–Trinajstić information content (AvgIpc) is 2.17. The summed E-state index contributed by atoms with van der Waals surface area (Å²) in [7, 11) is 1.68. The predicted molar refractivity (Wildman–Crippen MR) is 49.0 cm³/mol. The highest BCUT2D eigenvalue weighted by Gasteiger charge is 2.07. The van der Waals surface area contributed by atoms with Crippen molar-refractivity contribution < 1.29 is 9.18 Å². The molecule has 1 atom stereocenters. The molecule has 13 heavy (non-hydrogen) atoms. The van der Waals surface area contributed by atoms with Crippen molar-refractivity contribution in [3.8, 4) is 0 Å². The zero-order chi connectivity index (χ0) is 9.68. The molecule has 0 heterocycles. The lowest BCUT2D eigenvalue weighted by Gasteiger charge is -2.08. The molecule has 3 heteroatoms. The largest absolute Gasteiger partial charge is 0.311 e. The standard InChI is InChI=1S/C10H12FNO/c1-12-9(7-13)6-8-4-2-3-5-10(8)11/h2-5,7,9,12H,6H2,1H3. The van der Waals surface area contributed by atoms with E-state index in [9.17, 15) is 9.18 Å². The van der Waals surface area contributed by atoms with Gasteiger partial charge in [0.25, 0.3) is 0 Å². The summed E-state index contributed by atoms with van der Waals surface area (Å²) in [6.07, 6.45) is 1.18. The quantitative estimate of drug-likeness (QED) is 0.706. The summed E-state index contributed by atoms with van der Waals surface area (Å²) in [5.41, 5.74) is 0.564. The lowest BCUT2D eigenvalue weighted by molar-refractivity contribution is -0.109. The molecule has 2 nitrogen and oxygen atoms in total. The van der Waals surface area contributed by atoms with Crippen LogP contribution in [0.25, 0.3) is 0 Å². The maximum absolute atomic E-state index is 13.1. The number of benzene rings is 1. The first-order chi connectivity index (χ1) is 6.27. The molecule has 0 amide bonds. The molecule has 70 valence electrons. The molecule has 1 N–H and O–H groups in total. The normalized spacial score (nSPS) is 12.5. The summed E-state index contributed by atoms with van der Waals surface area (Å²) in [5, 5.41) is 2.79. The topological polar surface area (TPSA) is 29.1 Å². The zero-order valence-corrected chi connectivity index (χ0v) is 7.46. The molecule has 0 fully saturated rings. The van der Waals surface area contributed by atoms with Crippen molar-refractivity contribution in [1.29, 1.82) is 0 Å². The maximum Gasteiger partial charge on any atom is 0.137 e. The van der Waals surface area contributed by atoms with Crippen molar-refractivity contribution in [2.24, 2.45) is 0 Å². The summed E-state index contributed by atoms with van der Waals surface area (Å²) in [5.74, 6) is -0.260. The van der Waals surface area contributed by atoms with Crippen LogP contribution in [-0.4, -0.2) is 19.4 Å². The van der Waals surface area contributed by atoms with Crippen LogP contribution in [0.5, 0.6) is 0 Å². The number of likely N-dealkylation sites (N-methyl/N-ethyl adjacent to an activating group) is 1. The summed E-state index contributed by atoms with van der Waals surface area (Å²) in [4.78, 5) is 10.5. The zero-order valence-electron chi connectivity index (χ0n) is 7.46. The number of carbonyl (C=O) groups excluding carboxylic acids is 1. The Morgan fingerprint density at radius 2 is 2.23 bits per heavy atom. The molecule has 0 aromatic heterocycles. The third kappa shape index (κ3) is 2.63. The fraction of sp³-hybridized carbons (Fsp3) is 0.300. The van der Waals surface area contributed by atoms with Crippen LogP contribution in [-0.2, 0) is 11.2 Å². The van der Waals surface area contributed by atoms with Gasteiger partial charge in [0.1, 0.15) is 12.1 Å². The number of aldehydes is 1. The summed E-state index contributed by atoms with van der Waals surface area (Å²) in [6, 6.07) is 6.16. The predicted octanol–water partition coefficient (Wildman–Crippen LogP) is 1.16. The number of halogens is 1. The van der Waals surface area contributed by atoms with Crippen molar-refractivity contribution >= 4 is 6.29 Å². The van der Waals surface area contributed by atoms with E-state index in [0.717, 1.165) is 6.29 Å². The van der Waals surface area contributed by atoms with Crippen molar-refractivity contribution in [1.82, 2.24) is 5.32 Å². The second-order valence-corrected chi connectivity index (χ2v) is 2.83. The Labute approximate surface area is 76.8 Å². The van der Waals surface area contributed by atoms with Crippen LogP contribution in [0.15, 0.2) is 24.3 Å². The smallest absolute Gasteiger partial charge is 0.137 e. The Morgan fingerprint density at radius 1 is 1.54 bits per heavy atom. The van der Waals surface area contributed by atoms with Gasteiger partial charge in [-0.15, -0.1) is 0 Å². The Kier molecular flexibility index (Phi) is 3.58. The van der Waals surface area contributed by atoms with E-state index in [1.165, 1.54) is 6.07 Å². The minimum absolute atomic E-state index is 0.260. The molecule has 0 aliphatic carbocycles. The molecule has 1 aromatic rings.